The van der Waals surface area contributed by atoms with Crippen LogP contribution in [0.2, 0.25) is 0 Å². The van der Waals surface area contributed by atoms with Crippen LogP contribution in [0.25, 0.3) is 0 Å². The van der Waals surface area contributed by atoms with Crippen molar-refractivity contribution in [3.05, 3.63) is 35.2 Å². The van der Waals surface area contributed by atoms with E-state index in [0.29, 0.717) is 10.9 Å². The van der Waals surface area contributed by atoms with Crippen LogP contribution in [0.1, 0.15) is 13.8 Å². The van der Waals surface area contributed by atoms with E-state index in [-0.39, 0.29) is 0 Å². The van der Waals surface area contributed by atoms with Crippen molar-refractivity contribution in [1.82, 2.24) is 0 Å². The van der Waals surface area contributed by atoms with Gasteiger partial charge in [0.25, 0.3) is 0 Å². The van der Waals surface area contributed by atoms with Gasteiger partial charge in [-0.05, 0) is 6.92 Å². The van der Waals surface area contributed by atoms with Gasteiger partial charge in [0.2, 0.25) is 0 Å². The number of hydrogen-bond acceptors (Lipinski definition) is 0. The van der Waals surface area contributed by atoms with Crippen molar-refractivity contribution < 1.29 is 0 Å². The molecule has 0 bridgehead atoms. The Morgan fingerprint density at radius 1 is 1.20 bits per heavy atom. The molecule has 2 heteroatoms. The van der Waals surface area contributed by atoms with Gasteiger partial charge in [-0.15, -0.1) is 10.9 Å². The molecule has 0 fully saturated rings. The maximum atomic E-state index is 5.49. The predicted molar refractivity (Wildman–Crippen MR) is 48.2 cm³/mol. The van der Waals surface area contributed by atoms with Crippen molar-refractivity contribution in [2.45, 2.75) is 13.8 Å². The molecule has 0 rings (SSSR count). The molecule has 0 aromatic heterocycles. The molecule has 0 heterocycles. The smallest absolute Gasteiger partial charge is 0.112 e. The van der Waals surface area contributed by atoms with Gasteiger partial charge in [0, 0.05) is 0 Å². The Morgan fingerprint density at radius 3 is 2.00 bits per heavy atom. The molecule has 0 atom stereocenters. The van der Waals surface area contributed by atoms with Gasteiger partial charge in [-0.1, -0.05) is 31.2 Å². The molecule has 0 aromatic rings. The molecule has 0 amide bonds. The third-order valence-corrected chi connectivity index (χ3v) is 1.00. The molecule has 0 saturated carbocycles. The van der Waals surface area contributed by atoms with Crippen LogP contribution in [-0.4, -0.2) is 15.7 Å². The second-order valence-corrected chi connectivity index (χ2v) is 2.32. The Balaban J connectivity index is 4.16. The zero-order chi connectivity index (χ0) is 8.15. The summed E-state index contributed by atoms with van der Waals surface area (Å²) in [6, 6.07) is 0. The number of hydrogen-bond donors (Lipinski definition) is 0. The highest BCUT2D eigenvalue weighted by Crippen LogP contribution is 1.99. The Kier molecular flexibility index (Phi) is 3.94. The van der Waals surface area contributed by atoms with Crippen molar-refractivity contribution >= 4 is 15.7 Å². The lowest BCUT2D eigenvalue weighted by Gasteiger charge is -1.95. The summed E-state index contributed by atoms with van der Waals surface area (Å²) in [5.74, 6) is 0. The number of rotatable bonds is 2. The standard InChI is InChI=1S/C8H10B2/c1-6(2)4-5-8(10)7(3)9/h4-5H,1H2,2-3H3/b5-4-,8-7-. The Hall–Kier alpha value is -0.650. The minimum absolute atomic E-state index is 0.600. The molecule has 10 heavy (non-hydrogen) atoms. The minimum atomic E-state index is 0.600. The van der Waals surface area contributed by atoms with E-state index >= 15 is 0 Å². The average molecular weight is 128 g/mol. The molecule has 0 nitrogen and oxygen atoms in total. The number of allylic oxidation sites excluding steroid dienone is 5. The first-order valence-electron chi connectivity index (χ1n) is 3.09. The molecule has 0 saturated heterocycles. The van der Waals surface area contributed by atoms with Gasteiger partial charge in [-0.25, -0.2) is 0 Å². The maximum Gasteiger partial charge on any atom is 0.112 e. The van der Waals surface area contributed by atoms with Crippen LogP contribution in [0.4, 0.5) is 0 Å². The Labute approximate surface area is 65.5 Å². The molecule has 0 aromatic carbocycles. The highest BCUT2D eigenvalue weighted by molar-refractivity contribution is 6.32. The second kappa shape index (κ2) is 4.21. The van der Waals surface area contributed by atoms with Gasteiger partial charge in [0.15, 0.2) is 0 Å². The van der Waals surface area contributed by atoms with Crippen molar-refractivity contribution in [3.8, 4) is 0 Å². The first-order chi connectivity index (χ1) is 4.54. The summed E-state index contributed by atoms with van der Waals surface area (Å²) in [5, 5.41) is 0. The summed E-state index contributed by atoms with van der Waals surface area (Å²) in [4.78, 5) is 0. The van der Waals surface area contributed by atoms with Crippen molar-refractivity contribution in [1.29, 1.82) is 0 Å². The summed E-state index contributed by atoms with van der Waals surface area (Å²) in [5.41, 5.74) is 2.20. The van der Waals surface area contributed by atoms with Gasteiger partial charge in [-0.2, -0.15) is 0 Å². The van der Waals surface area contributed by atoms with Crippen LogP contribution in [-0.2, 0) is 0 Å². The fourth-order valence-corrected chi connectivity index (χ4v) is 0.363. The zero-order valence-corrected chi connectivity index (χ0v) is 6.52. The molecule has 4 radical (unpaired) electrons. The summed E-state index contributed by atoms with van der Waals surface area (Å²) in [6.07, 6.45) is 3.57. The molecule has 0 unspecified atom stereocenters. The molecule has 0 spiro atoms. The topological polar surface area (TPSA) is 0 Å². The van der Waals surface area contributed by atoms with Crippen LogP contribution in [0.3, 0.4) is 0 Å². The SMILES string of the molecule is [B]/C(C)=C([B])/C=C\C(=C)C. The third kappa shape index (κ3) is 4.25. The van der Waals surface area contributed by atoms with Gasteiger partial charge < -0.3 is 0 Å². The van der Waals surface area contributed by atoms with E-state index < -0.39 is 0 Å². The fourth-order valence-electron chi connectivity index (χ4n) is 0.363. The maximum absolute atomic E-state index is 5.49. The van der Waals surface area contributed by atoms with Crippen LogP contribution in [0, 0.1) is 0 Å². The third-order valence-electron chi connectivity index (χ3n) is 1.00. The molecular weight excluding hydrogens is 118 g/mol. The quantitative estimate of drug-likeness (QED) is 0.392. The first-order valence-corrected chi connectivity index (χ1v) is 3.09. The van der Waals surface area contributed by atoms with Crippen molar-refractivity contribution in [2.24, 2.45) is 0 Å². The minimum Gasteiger partial charge on any atom is -0.128 e. The van der Waals surface area contributed by atoms with Crippen LogP contribution in [0.15, 0.2) is 35.2 Å². The van der Waals surface area contributed by atoms with Crippen molar-refractivity contribution in [3.63, 3.8) is 0 Å². The van der Waals surface area contributed by atoms with E-state index in [2.05, 4.69) is 6.58 Å². The lowest BCUT2D eigenvalue weighted by Crippen LogP contribution is -1.82. The monoisotopic (exact) mass is 128 g/mol. The highest BCUT2D eigenvalue weighted by Gasteiger charge is 1.82. The van der Waals surface area contributed by atoms with E-state index in [9.17, 15) is 0 Å². The van der Waals surface area contributed by atoms with E-state index in [4.69, 9.17) is 15.7 Å². The van der Waals surface area contributed by atoms with Gasteiger partial charge >= 0.3 is 0 Å². The summed E-state index contributed by atoms with van der Waals surface area (Å²) in [7, 11) is 10.9. The molecule has 0 aliphatic rings. The molecule has 0 aliphatic heterocycles. The Bertz CT molecular complexity index is 183. The van der Waals surface area contributed by atoms with Crippen LogP contribution in [0.5, 0.6) is 0 Å². The van der Waals surface area contributed by atoms with E-state index in [1.807, 2.05) is 13.0 Å². The van der Waals surface area contributed by atoms with E-state index in [1.54, 1.807) is 13.0 Å². The summed E-state index contributed by atoms with van der Waals surface area (Å²) in [6.45, 7) is 7.34. The highest BCUT2D eigenvalue weighted by atomic mass is 13.8. The van der Waals surface area contributed by atoms with Crippen LogP contribution < -0.4 is 0 Å². The predicted octanol–water partition coefficient (Wildman–Crippen LogP) is 1.69. The molecule has 0 N–H and O–H groups in total. The van der Waals surface area contributed by atoms with E-state index in [1.165, 1.54) is 0 Å². The average Bonchev–Trinajstić information content (AvgIpc) is 1.82. The Morgan fingerprint density at radius 2 is 1.70 bits per heavy atom. The fraction of sp³-hybridized carbons (Fsp3) is 0.250. The zero-order valence-electron chi connectivity index (χ0n) is 6.52. The van der Waals surface area contributed by atoms with Gasteiger partial charge in [0.1, 0.15) is 15.7 Å². The van der Waals surface area contributed by atoms with Gasteiger partial charge in [0.05, 0.1) is 0 Å². The molecule has 0 aliphatic carbocycles. The van der Waals surface area contributed by atoms with E-state index in [0.717, 1.165) is 5.57 Å². The first kappa shape index (κ1) is 9.35. The van der Waals surface area contributed by atoms with Crippen molar-refractivity contribution in [2.75, 3.05) is 0 Å². The largest absolute Gasteiger partial charge is 0.128 e. The molecule has 48 valence electrons. The summed E-state index contributed by atoms with van der Waals surface area (Å²) < 4.78 is 0. The summed E-state index contributed by atoms with van der Waals surface area (Å²) >= 11 is 0. The molecular formula is C8H10B2. The second-order valence-electron chi connectivity index (χ2n) is 2.32. The lowest BCUT2D eigenvalue weighted by atomic mass is 9.81. The lowest BCUT2D eigenvalue weighted by molar-refractivity contribution is 1.54. The normalized spacial score (nSPS) is 13.4. The van der Waals surface area contributed by atoms with Gasteiger partial charge in [-0.3, -0.25) is 0 Å². The van der Waals surface area contributed by atoms with Crippen LogP contribution >= 0.6 is 0 Å².